The minimum absolute atomic E-state index is 0.00865. The average molecular weight is 300 g/mol. The largest absolute Gasteiger partial charge is 0.469 e. The van der Waals surface area contributed by atoms with Gasteiger partial charge in [0.05, 0.1) is 25.0 Å². The third-order valence-electron chi connectivity index (χ3n) is 2.96. The van der Waals surface area contributed by atoms with E-state index < -0.39 is 0 Å². The highest BCUT2D eigenvalue weighted by molar-refractivity contribution is 7.99. The zero-order valence-corrected chi connectivity index (χ0v) is 13.1. The van der Waals surface area contributed by atoms with Gasteiger partial charge < -0.3 is 14.2 Å². The molecule has 20 heavy (non-hydrogen) atoms. The van der Waals surface area contributed by atoms with Gasteiger partial charge in [0.25, 0.3) is 0 Å². The lowest BCUT2D eigenvalue weighted by molar-refractivity contribution is -0.141. The Morgan fingerprint density at radius 1 is 1.40 bits per heavy atom. The number of esters is 1. The summed E-state index contributed by atoms with van der Waals surface area (Å²) in [6.07, 6.45) is 0.216. The minimum atomic E-state index is -0.312. The van der Waals surface area contributed by atoms with Crippen molar-refractivity contribution < 1.29 is 18.8 Å². The van der Waals surface area contributed by atoms with E-state index >= 15 is 0 Å². The molecule has 0 saturated carbocycles. The van der Waals surface area contributed by atoms with Crippen LogP contribution in [0.3, 0.4) is 0 Å². The number of hydrogen-bond acceptors (Lipinski definition) is 6. The number of carbonyl (C=O) groups excluding carboxylic acids is 2. The highest BCUT2D eigenvalue weighted by Gasteiger charge is 2.13. The minimum Gasteiger partial charge on any atom is -0.469 e. The van der Waals surface area contributed by atoms with Crippen LogP contribution in [0.5, 0.6) is 0 Å². The average Bonchev–Trinajstić information content (AvgIpc) is 2.75. The number of amides is 1. The molecule has 0 bridgehead atoms. The molecule has 1 rings (SSSR count). The van der Waals surface area contributed by atoms with Crippen molar-refractivity contribution >= 4 is 23.6 Å². The Hall–Kier alpha value is -1.50. The summed E-state index contributed by atoms with van der Waals surface area (Å²) in [6, 6.07) is 0. The summed E-state index contributed by atoms with van der Waals surface area (Å²) < 4.78 is 9.60. The maximum atomic E-state index is 11.9. The van der Waals surface area contributed by atoms with Gasteiger partial charge in [0.2, 0.25) is 5.91 Å². The molecule has 1 heterocycles. The Bertz CT molecular complexity index is 453. The van der Waals surface area contributed by atoms with E-state index in [1.807, 2.05) is 13.8 Å². The molecule has 7 heteroatoms. The van der Waals surface area contributed by atoms with Crippen LogP contribution in [-0.4, -0.2) is 48.4 Å². The third kappa shape index (κ3) is 4.88. The molecule has 0 unspecified atom stereocenters. The fourth-order valence-corrected chi connectivity index (χ4v) is 2.66. The lowest BCUT2D eigenvalue weighted by Crippen LogP contribution is -2.30. The van der Waals surface area contributed by atoms with Crippen molar-refractivity contribution in [2.45, 2.75) is 26.0 Å². The Kier molecular flexibility index (Phi) is 6.57. The zero-order chi connectivity index (χ0) is 15.1. The summed E-state index contributed by atoms with van der Waals surface area (Å²) in [4.78, 5) is 24.4. The van der Waals surface area contributed by atoms with Gasteiger partial charge in [-0.2, -0.15) is 0 Å². The first-order valence-corrected chi connectivity index (χ1v) is 7.41. The predicted molar refractivity (Wildman–Crippen MR) is 76.4 cm³/mol. The van der Waals surface area contributed by atoms with E-state index in [9.17, 15) is 9.59 Å². The number of aromatic nitrogens is 1. The number of hydrogen-bond donors (Lipinski definition) is 0. The van der Waals surface area contributed by atoms with Gasteiger partial charge in [-0.25, -0.2) is 0 Å². The summed E-state index contributed by atoms with van der Waals surface area (Å²) in [5.41, 5.74) is 1.90. The van der Waals surface area contributed by atoms with E-state index in [-0.39, 0.29) is 18.3 Å². The fourth-order valence-electron chi connectivity index (χ4n) is 1.54. The second-order valence-corrected chi connectivity index (χ2v) is 5.42. The van der Waals surface area contributed by atoms with Gasteiger partial charge in [-0.15, -0.1) is 11.8 Å². The molecule has 112 valence electrons. The van der Waals surface area contributed by atoms with Crippen LogP contribution in [0.1, 0.15) is 23.4 Å². The molecule has 0 radical (unpaired) electrons. The topological polar surface area (TPSA) is 72.6 Å². The van der Waals surface area contributed by atoms with Crippen LogP contribution in [0.2, 0.25) is 0 Å². The summed E-state index contributed by atoms with van der Waals surface area (Å²) in [5.74, 6) is 1.53. The quantitative estimate of drug-likeness (QED) is 0.711. The Morgan fingerprint density at radius 3 is 2.65 bits per heavy atom. The van der Waals surface area contributed by atoms with Gasteiger partial charge in [0, 0.05) is 24.9 Å². The standard InChI is InChI=1S/C13H20N2O4S/c1-9-11(10(2)19-14-9)7-20-8-12(16)15(3)6-5-13(17)18-4/h5-8H2,1-4H3. The molecule has 1 amide bonds. The van der Waals surface area contributed by atoms with E-state index in [0.717, 1.165) is 17.0 Å². The molecule has 6 nitrogen and oxygen atoms in total. The lowest BCUT2D eigenvalue weighted by Gasteiger charge is -2.16. The van der Waals surface area contributed by atoms with Crippen molar-refractivity contribution in [3.05, 3.63) is 17.0 Å². The van der Waals surface area contributed by atoms with Crippen LogP contribution >= 0.6 is 11.8 Å². The number of methoxy groups -OCH3 is 1. The van der Waals surface area contributed by atoms with Crippen molar-refractivity contribution in [1.82, 2.24) is 10.1 Å². The normalized spacial score (nSPS) is 10.4. The molecule has 1 aromatic rings. The molecule has 0 atom stereocenters. The second kappa shape index (κ2) is 7.94. The number of rotatable bonds is 7. The molecule has 0 N–H and O–H groups in total. The summed E-state index contributed by atoms with van der Waals surface area (Å²) in [5, 5.41) is 3.87. The van der Waals surface area contributed by atoms with E-state index in [1.54, 1.807) is 7.05 Å². The molecular weight excluding hydrogens is 280 g/mol. The highest BCUT2D eigenvalue weighted by atomic mass is 32.2. The Labute approximate surface area is 122 Å². The lowest BCUT2D eigenvalue weighted by atomic mass is 10.2. The zero-order valence-electron chi connectivity index (χ0n) is 12.3. The van der Waals surface area contributed by atoms with Gasteiger partial charge in [-0.1, -0.05) is 5.16 Å². The maximum Gasteiger partial charge on any atom is 0.307 e. The van der Waals surface area contributed by atoms with Gasteiger partial charge in [-0.05, 0) is 13.8 Å². The third-order valence-corrected chi connectivity index (χ3v) is 3.90. The number of nitrogens with zero attached hydrogens (tertiary/aromatic N) is 2. The smallest absolute Gasteiger partial charge is 0.307 e. The van der Waals surface area contributed by atoms with Crippen LogP contribution in [0.25, 0.3) is 0 Å². The molecule has 0 spiro atoms. The van der Waals surface area contributed by atoms with E-state index in [0.29, 0.717) is 18.1 Å². The summed E-state index contributed by atoms with van der Waals surface area (Å²) >= 11 is 1.51. The molecule has 0 fully saturated rings. The van der Waals surface area contributed by atoms with Gasteiger partial charge in [-0.3, -0.25) is 9.59 Å². The molecule has 0 aliphatic heterocycles. The SMILES string of the molecule is COC(=O)CCN(C)C(=O)CSCc1c(C)noc1C. The fraction of sp³-hybridized carbons (Fsp3) is 0.615. The number of thioether (sulfide) groups is 1. The number of carbonyl (C=O) groups is 2. The van der Waals surface area contributed by atoms with Crippen LogP contribution in [0.4, 0.5) is 0 Å². The summed E-state index contributed by atoms with van der Waals surface area (Å²) in [6.45, 7) is 4.12. The first-order valence-electron chi connectivity index (χ1n) is 6.26. The van der Waals surface area contributed by atoms with Crippen LogP contribution < -0.4 is 0 Å². The maximum absolute atomic E-state index is 11.9. The molecule has 0 aliphatic rings. The Morgan fingerprint density at radius 2 is 2.10 bits per heavy atom. The number of aryl methyl sites for hydroxylation is 2. The molecular formula is C13H20N2O4S. The monoisotopic (exact) mass is 300 g/mol. The second-order valence-electron chi connectivity index (χ2n) is 4.44. The van der Waals surface area contributed by atoms with Crippen LogP contribution in [0.15, 0.2) is 4.52 Å². The molecule has 1 aromatic heterocycles. The molecule has 0 saturated heterocycles. The van der Waals surface area contributed by atoms with Crippen molar-refractivity contribution in [3.8, 4) is 0 Å². The first-order chi connectivity index (χ1) is 9.45. The van der Waals surface area contributed by atoms with Crippen molar-refractivity contribution in [1.29, 1.82) is 0 Å². The van der Waals surface area contributed by atoms with Crippen molar-refractivity contribution in [3.63, 3.8) is 0 Å². The molecule has 0 aliphatic carbocycles. The van der Waals surface area contributed by atoms with E-state index in [1.165, 1.54) is 23.8 Å². The predicted octanol–water partition coefficient (Wildman–Crippen LogP) is 1.55. The van der Waals surface area contributed by atoms with Crippen molar-refractivity contribution in [2.75, 3.05) is 26.5 Å². The highest BCUT2D eigenvalue weighted by Crippen LogP contribution is 2.19. The number of ether oxygens (including phenoxy) is 1. The molecule has 0 aromatic carbocycles. The van der Waals surface area contributed by atoms with Crippen LogP contribution in [-0.2, 0) is 20.1 Å². The van der Waals surface area contributed by atoms with Gasteiger partial charge in [0.1, 0.15) is 5.76 Å². The van der Waals surface area contributed by atoms with E-state index in [4.69, 9.17) is 4.52 Å². The van der Waals surface area contributed by atoms with Gasteiger partial charge >= 0.3 is 5.97 Å². The summed E-state index contributed by atoms with van der Waals surface area (Å²) in [7, 11) is 3.02. The first kappa shape index (κ1) is 16.6. The van der Waals surface area contributed by atoms with Crippen molar-refractivity contribution in [2.24, 2.45) is 0 Å². The van der Waals surface area contributed by atoms with E-state index in [2.05, 4.69) is 9.89 Å². The van der Waals surface area contributed by atoms with Crippen LogP contribution in [0, 0.1) is 13.8 Å². The van der Waals surface area contributed by atoms with Gasteiger partial charge in [0.15, 0.2) is 0 Å². The Balaban J connectivity index is 2.31.